The van der Waals surface area contributed by atoms with Gasteiger partial charge in [-0.25, -0.2) is 9.97 Å². The Balaban J connectivity index is 1.47. The number of nitrogens with zero attached hydrogens (tertiary/aromatic N) is 5. The second-order valence-electron chi connectivity index (χ2n) is 8.07. The normalized spacial score (nSPS) is 12.1. The predicted molar refractivity (Wildman–Crippen MR) is 125 cm³/mol. The summed E-state index contributed by atoms with van der Waals surface area (Å²) in [5.41, 5.74) is 4.51. The molecule has 0 atom stereocenters. The van der Waals surface area contributed by atoms with Gasteiger partial charge >= 0.3 is 6.18 Å². The van der Waals surface area contributed by atoms with Crippen LogP contribution in [0.4, 0.5) is 13.2 Å². The van der Waals surface area contributed by atoms with Crippen LogP contribution in [0.15, 0.2) is 53.7 Å². The molecule has 34 heavy (non-hydrogen) atoms. The van der Waals surface area contributed by atoms with Crippen molar-refractivity contribution in [2.75, 3.05) is 0 Å². The Morgan fingerprint density at radius 3 is 2.59 bits per heavy atom. The molecule has 0 aliphatic carbocycles. The summed E-state index contributed by atoms with van der Waals surface area (Å²) in [5.74, 6) is 1.01. The van der Waals surface area contributed by atoms with Gasteiger partial charge < -0.3 is 0 Å². The quantitative estimate of drug-likeness (QED) is 0.248. The van der Waals surface area contributed by atoms with Gasteiger partial charge in [-0.3, -0.25) is 5.10 Å². The minimum absolute atomic E-state index is 0.326. The van der Waals surface area contributed by atoms with Gasteiger partial charge in [0.15, 0.2) is 16.6 Å². The molecule has 1 N–H and O–H groups in total. The van der Waals surface area contributed by atoms with Crippen molar-refractivity contribution < 1.29 is 13.2 Å². The Bertz CT molecular complexity index is 1470. The number of H-pyrrole nitrogens is 1. The largest absolute Gasteiger partial charge is 0.416 e. The van der Waals surface area contributed by atoms with Crippen LogP contribution in [0.3, 0.4) is 0 Å². The average molecular weight is 483 g/mol. The molecule has 0 aliphatic rings. The molecular weight excluding hydrogens is 461 g/mol. The van der Waals surface area contributed by atoms with Gasteiger partial charge in [0.1, 0.15) is 0 Å². The molecule has 0 bridgehead atoms. The molecule has 0 amide bonds. The number of alkyl halides is 3. The fourth-order valence-electron chi connectivity index (χ4n) is 3.94. The molecule has 6 nitrogen and oxygen atoms in total. The van der Waals surface area contributed by atoms with Gasteiger partial charge in [0.05, 0.1) is 16.8 Å². The van der Waals surface area contributed by atoms with Crippen LogP contribution in [0.1, 0.15) is 33.9 Å². The summed E-state index contributed by atoms with van der Waals surface area (Å²) in [6.07, 6.45) is -2.99. The van der Waals surface area contributed by atoms with E-state index in [0.29, 0.717) is 34.4 Å². The van der Waals surface area contributed by atoms with Crippen LogP contribution in [0, 0.1) is 13.8 Å². The monoisotopic (exact) mass is 482 g/mol. The highest BCUT2D eigenvalue weighted by molar-refractivity contribution is 7.98. The van der Waals surface area contributed by atoms with Crippen molar-refractivity contribution in [2.24, 2.45) is 0 Å². The highest BCUT2D eigenvalue weighted by Gasteiger charge is 2.30. The lowest BCUT2D eigenvalue weighted by molar-refractivity contribution is -0.137. The number of halogens is 3. The number of hydrogen-bond acceptors (Lipinski definition) is 5. The van der Waals surface area contributed by atoms with Gasteiger partial charge in [-0.1, -0.05) is 42.1 Å². The van der Waals surface area contributed by atoms with Gasteiger partial charge in [0.25, 0.3) is 0 Å². The molecule has 2 aromatic carbocycles. The van der Waals surface area contributed by atoms with Crippen molar-refractivity contribution in [1.82, 2.24) is 29.8 Å². The Hall–Kier alpha value is -3.40. The number of benzene rings is 2. The number of aromatic nitrogens is 6. The van der Waals surface area contributed by atoms with Gasteiger partial charge in [-0.2, -0.15) is 22.8 Å². The first-order valence-corrected chi connectivity index (χ1v) is 11.7. The fourth-order valence-corrected chi connectivity index (χ4v) is 4.82. The fraction of sp³-hybridized carbons (Fsp3) is 0.250. The lowest BCUT2D eigenvalue weighted by Crippen LogP contribution is -2.05. The van der Waals surface area contributed by atoms with Crippen LogP contribution in [-0.2, 0) is 24.8 Å². The van der Waals surface area contributed by atoms with E-state index in [1.807, 2.05) is 38.1 Å². The Morgan fingerprint density at radius 2 is 1.82 bits per heavy atom. The molecule has 3 aromatic heterocycles. The molecule has 0 radical (unpaired) electrons. The zero-order valence-electron chi connectivity index (χ0n) is 18.5. The second-order valence-corrected chi connectivity index (χ2v) is 9.02. The van der Waals surface area contributed by atoms with E-state index in [2.05, 4.69) is 10.2 Å². The summed E-state index contributed by atoms with van der Waals surface area (Å²) in [6.45, 7) is 3.96. The molecule has 5 aromatic rings. The van der Waals surface area contributed by atoms with E-state index in [-0.39, 0.29) is 0 Å². The Morgan fingerprint density at radius 1 is 1.00 bits per heavy atom. The van der Waals surface area contributed by atoms with Crippen molar-refractivity contribution in [1.29, 1.82) is 0 Å². The number of nitrogens with one attached hydrogen (secondary N) is 1. The third-order valence-corrected chi connectivity index (χ3v) is 6.69. The molecule has 0 unspecified atom stereocenters. The maximum atomic E-state index is 13.1. The highest BCUT2D eigenvalue weighted by atomic mass is 32.2. The van der Waals surface area contributed by atoms with Gasteiger partial charge in [-0.15, -0.1) is 5.10 Å². The van der Waals surface area contributed by atoms with E-state index in [1.165, 1.54) is 23.9 Å². The Kier molecular flexibility index (Phi) is 5.76. The number of rotatable bonds is 6. The summed E-state index contributed by atoms with van der Waals surface area (Å²) in [5, 5.41) is 13.4. The van der Waals surface area contributed by atoms with Crippen LogP contribution in [0.25, 0.3) is 16.6 Å². The van der Waals surface area contributed by atoms with E-state index in [1.54, 1.807) is 10.6 Å². The van der Waals surface area contributed by atoms with Gasteiger partial charge in [-0.05, 0) is 49.6 Å². The molecule has 0 fully saturated rings. The molecule has 0 spiro atoms. The molecule has 0 aliphatic heterocycles. The molecule has 3 heterocycles. The van der Waals surface area contributed by atoms with E-state index in [4.69, 9.17) is 15.1 Å². The zero-order valence-corrected chi connectivity index (χ0v) is 19.3. The summed E-state index contributed by atoms with van der Waals surface area (Å²) >= 11 is 1.34. The van der Waals surface area contributed by atoms with Crippen molar-refractivity contribution in [3.05, 3.63) is 82.4 Å². The number of para-hydroxylation sites is 1. The Labute approximate surface area is 197 Å². The second kappa shape index (κ2) is 8.75. The highest BCUT2D eigenvalue weighted by Crippen LogP contribution is 2.32. The third-order valence-electron chi connectivity index (χ3n) is 5.69. The molecule has 0 saturated carbocycles. The van der Waals surface area contributed by atoms with Crippen molar-refractivity contribution >= 4 is 28.3 Å². The molecule has 174 valence electrons. The first-order valence-electron chi connectivity index (χ1n) is 10.7. The van der Waals surface area contributed by atoms with E-state index in [0.717, 1.165) is 40.3 Å². The minimum atomic E-state index is -4.37. The number of aryl methyl sites for hydroxylation is 3. The van der Waals surface area contributed by atoms with Crippen molar-refractivity contribution in [3.8, 4) is 0 Å². The summed E-state index contributed by atoms with van der Waals surface area (Å²) < 4.78 is 41.0. The summed E-state index contributed by atoms with van der Waals surface area (Å²) in [7, 11) is 0. The number of hydrogen-bond donors (Lipinski definition) is 1. The lowest BCUT2D eigenvalue weighted by Gasteiger charge is -2.09. The average Bonchev–Trinajstić information content (AvgIpc) is 3.39. The van der Waals surface area contributed by atoms with Crippen LogP contribution >= 0.6 is 11.8 Å². The first-order chi connectivity index (χ1) is 16.3. The van der Waals surface area contributed by atoms with E-state index < -0.39 is 11.7 Å². The molecule has 10 heteroatoms. The topological polar surface area (TPSA) is 71.8 Å². The van der Waals surface area contributed by atoms with Crippen LogP contribution < -0.4 is 0 Å². The SMILES string of the molecule is Cc1n[nH]c(C)c1CCc1nc2c3ccccc3nc(SCc3cccc(C(F)(F)F)c3)n2n1. The van der Waals surface area contributed by atoms with Crippen LogP contribution in [0.5, 0.6) is 0 Å². The van der Waals surface area contributed by atoms with Gasteiger partial charge in [0, 0.05) is 23.3 Å². The maximum Gasteiger partial charge on any atom is 0.416 e. The molecular formula is C24H21F3N6S. The zero-order chi connectivity index (χ0) is 23.9. The van der Waals surface area contributed by atoms with Crippen molar-refractivity contribution in [2.45, 2.75) is 43.8 Å². The number of fused-ring (bicyclic) bond motifs is 3. The third kappa shape index (κ3) is 4.37. The first kappa shape index (κ1) is 22.4. The summed E-state index contributed by atoms with van der Waals surface area (Å²) in [6, 6.07) is 13.0. The summed E-state index contributed by atoms with van der Waals surface area (Å²) in [4.78, 5) is 9.51. The van der Waals surface area contributed by atoms with E-state index in [9.17, 15) is 13.2 Å². The standard InChI is InChI=1S/C24H21F3N6S/c1-14-18(15(2)31-30-14)10-11-21-29-22-19-8-3-4-9-20(19)28-23(33(22)32-21)34-13-16-6-5-7-17(12-16)24(25,26)27/h3-9,12H,10-11,13H2,1-2H3,(H,30,31). The van der Waals surface area contributed by atoms with Crippen LogP contribution in [0.2, 0.25) is 0 Å². The predicted octanol–water partition coefficient (Wildman–Crippen LogP) is 5.71. The smallest absolute Gasteiger partial charge is 0.282 e. The van der Waals surface area contributed by atoms with Gasteiger partial charge in [0.2, 0.25) is 0 Å². The van der Waals surface area contributed by atoms with Crippen LogP contribution in [-0.4, -0.2) is 29.8 Å². The van der Waals surface area contributed by atoms with E-state index >= 15 is 0 Å². The number of aromatic amines is 1. The van der Waals surface area contributed by atoms with Crippen molar-refractivity contribution in [3.63, 3.8) is 0 Å². The molecule has 5 rings (SSSR count). The maximum absolute atomic E-state index is 13.1. The minimum Gasteiger partial charge on any atom is -0.282 e. The molecule has 0 saturated heterocycles. The number of thioether (sulfide) groups is 1. The lowest BCUT2D eigenvalue weighted by atomic mass is 10.1.